The molecule has 1 aromatic carbocycles. The number of halogens is 1. The van der Waals surface area contributed by atoms with Gasteiger partial charge < -0.3 is 10.1 Å². The first-order valence-electron chi connectivity index (χ1n) is 6.50. The molecule has 1 heterocycles. The molecule has 4 heteroatoms. The first-order chi connectivity index (χ1) is 8.95. The van der Waals surface area contributed by atoms with Gasteiger partial charge in [0, 0.05) is 31.7 Å². The Hall–Kier alpha value is -1.05. The van der Waals surface area contributed by atoms with Crippen LogP contribution in [-0.4, -0.2) is 50.8 Å². The van der Waals surface area contributed by atoms with Crippen molar-refractivity contribution < 1.29 is 4.74 Å². The average Bonchev–Trinajstić information content (AvgIpc) is 2.45. The third-order valence-electron chi connectivity index (χ3n) is 2.93. The molecule has 2 rings (SSSR count). The summed E-state index contributed by atoms with van der Waals surface area (Å²) >= 11 is 0. The Morgan fingerprint density at radius 3 is 2.63 bits per heavy atom. The van der Waals surface area contributed by atoms with Crippen LogP contribution < -0.4 is 5.32 Å². The van der Waals surface area contributed by atoms with Crippen molar-refractivity contribution in [2.75, 3.05) is 45.9 Å². The fourth-order valence-corrected chi connectivity index (χ4v) is 1.88. The number of nitrogens with one attached hydrogen (secondary N) is 1. The van der Waals surface area contributed by atoms with Crippen LogP contribution in [0.25, 0.3) is 0 Å². The Kier molecular flexibility index (Phi) is 8.28. The lowest BCUT2D eigenvalue weighted by atomic mass is 10.2. The molecule has 0 aliphatic carbocycles. The van der Waals surface area contributed by atoms with E-state index in [1.165, 1.54) is 0 Å². The highest BCUT2D eigenvalue weighted by atomic mass is 35.5. The molecule has 0 radical (unpaired) electrons. The number of rotatable bonds is 4. The molecule has 0 aromatic heterocycles. The zero-order chi connectivity index (χ0) is 12.5. The Morgan fingerprint density at radius 2 is 1.89 bits per heavy atom. The van der Waals surface area contributed by atoms with Crippen molar-refractivity contribution in [1.29, 1.82) is 0 Å². The zero-order valence-corrected chi connectivity index (χ0v) is 11.9. The van der Waals surface area contributed by atoms with E-state index in [-0.39, 0.29) is 12.4 Å². The van der Waals surface area contributed by atoms with E-state index < -0.39 is 0 Å². The molecule has 1 fully saturated rings. The van der Waals surface area contributed by atoms with Crippen LogP contribution in [0.1, 0.15) is 5.56 Å². The van der Waals surface area contributed by atoms with E-state index in [1.54, 1.807) is 0 Å². The van der Waals surface area contributed by atoms with Crippen LogP contribution >= 0.6 is 12.4 Å². The van der Waals surface area contributed by atoms with Crippen molar-refractivity contribution >= 4 is 12.4 Å². The number of hydrogen-bond donors (Lipinski definition) is 1. The molecule has 0 bridgehead atoms. The van der Waals surface area contributed by atoms with E-state index in [0.717, 1.165) is 51.5 Å². The summed E-state index contributed by atoms with van der Waals surface area (Å²) < 4.78 is 5.31. The van der Waals surface area contributed by atoms with Gasteiger partial charge in [-0.2, -0.15) is 0 Å². The van der Waals surface area contributed by atoms with Crippen molar-refractivity contribution in [2.24, 2.45) is 0 Å². The first kappa shape index (κ1) is 16.0. The molecule has 1 N–H and O–H groups in total. The van der Waals surface area contributed by atoms with E-state index in [9.17, 15) is 0 Å². The lowest BCUT2D eigenvalue weighted by molar-refractivity contribution is 0.0385. The van der Waals surface area contributed by atoms with Crippen LogP contribution in [0.3, 0.4) is 0 Å². The van der Waals surface area contributed by atoms with Gasteiger partial charge >= 0.3 is 0 Å². The van der Waals surface area contributed by atoms with E-state index in [1.807, 2.05) is 30.3 Å². The van der Waals surface area contributed by atoms with Crippen LogP contribution in [0.5, 0.6) is 0 Å². The van der Waals surface area contributed by atoms with Crippen LogP contribution in [0.4, 0.5) is 0 Å². The average molecular weight is 281 g/mol. The van der Waals surface area contributed by atoms with E-state index in [0.29, 0.717) is 0 Å². The highest BCUT2D eigenvalue weighted by Gasteiger charge is 2.08. The van der Waals surface area contributed by atoms with Crippen molar-refractivity contribution in [2.45, 2.75) is 0 Å². The van der Waals surface area contributed by atoms with Gasteiger partial charge in [-0.05, 0) is 12.1 Å². The van der Waals surface area contributed by atoms with Crippen LogP contribution in [0, 0.1) is 11.8 Å². The summed E-state index contributed by atoms with van der Waals surface area (Å²) in [5.74, 6) is 6.27. The molecule has 3 nitrogen and oxygen atoms in total. The molecule has 1 aliphatic rings. The van der Waals surface area contributed by atoms with Crippen LogP contribution in [-0.2, 0) is 4.74 Å². The van der Waals surface area contributed by atoms with Gasteiger partial charge in [0.25, 0.3) is 0 Å². The van der Waals surface area contributed by atoms with Crippen molar-refractivity contribution in [3.63, 3.8) is 0 Å². The summed E-state index contributed by atoms with van der Waals surface area (Å²) in [5, 5.41) is 3.35. The number of nitrogens with zero attached hydrogens (tertiary/aromatic N) is 1. The number of morpholine rings is 1. The molecule has 1 aliphatic heterocycles. The highest BCUT2D eigenvalue weighted by molar-refractivity contribution is 5.85. The summed E-state index contributed by atoms with van der Waals surface area (Å²) in [6.45, 7) is 6.66. The minimum atomic E-state index is 0. The molecular formula is C15H21ClN2O. The molecule has 19 heavy (non-hydrogen) atoms. The van der Waals surface area contributed by atoms with Gasteiger partial charge in [-0.25, -0.2) is 0 Å². The maximum absolute atomic E-state index is 5.31. The first-order valence-corrected chi connectivity index (χ1v) is 6.50. The normalized spacial score (nSPS) is 15.2. The minimum absolute atomic E-state index is 0. The van der Waals surface area contributed by atoms with Crippen molar-refractivity contribution in [3.05, 3.63) is 35.9 Å². The van der Waals surface area contributed by atoms with Gasteiger partial charge in [-0.3, -0.25) is 4.90 Å². The lowest BCUT2D eigenvalue weighted by Gasteiger charge is -2.26. The monoisotopic (exact) mass is 280 g/mol. The molecule has 0 spiro atoms. The molecule has 0 amide bonds. The van der Waals surface area contributed by atoms with Gasteiger partial charge in [0.2, 0.25) is 0 Å². The highest BCUT2D eigenvalue weighted by Crippen LogP contribution is 1.95. The quantitative estimate of drug-likeness (QED) is 0.666. The summed E-state index contributed by atoms with van der Waals surface area (Å²) in [5.41, 5.74) is 1.08. The van der Waals surface area contributed by atoms with Gasteiger partial charge in [-0.1, -0.05) is 30.0 Å². The Bertz CT molecular complexity index is 394. The summed E-state index contributed by atoms with van der Waals surface area (Å²) in [6, 6.07) is 10.1. The molecule has 0 atom stereocenters. The molecule has 0 saturated carbocycles. The summed E-state index contributed by atoms with van der Waals surface area (Å²) in [7, 11) is 0. The SMILES string of the molecule is C(#Cc1ccccc1)CNCCN1CCOCC1.Cl. The summed E-state index contributed by atoms with van der Waals surface area (Å²) in [4.78, 5) is 2.42. The van der Waals surface area contributed by atoms with Gasteiger partial charge in [0.05, 0.1) is 19.8 Å². The third-order valence-corrected chi connectivity index (χ3v) is 2.93. The van der Waals surface area contributed by atoms with Crippen LogP contribution in [0.2, 0.25) is 0 Å². The van der Waals surface area contributed by atoms with E-state index >= 15 is 0 Å². The number of hydrogen-bond acceptors (Lipinski definition) is 3. The van der Waals surface area contributed by atoms with Gasteiger partial charge in [0.15, 0.2) is 0 Å². The predicted octanol–water partition coefficient (Wildman–Crippen LogP) is 1.38. The van der Waals surface area contributed by atoms with Gasteiger partial charge in [-0.15, -0.1) is 12.4 Å². The molecule has 1 saturated heterocycles. The van der Waals surface area contributed by atoms with E-state index in [2.05, 4.69) is 22.1 Å². The summed E-state index contributed by atoms with van der Waals surface area (Å²) in [6.07, 6.45) is 0. The van der Waals surface area contributed by atoms with E-state index in [4.69, 9.17) is 4.74 Å². The zero-order valence-electron chi connectivity index (χ0n) is 11.1. The number of benzene rings is 1. The molecule has 1 aromatic rings. The van der Waals surface area contributed by atoms with Crippen LogP contribution in [0.15, 0.2) is 30.3 Å². The largest absolute Gasteiger partial charge is 0.379 e. The smallest absolute Gasteiger partial charge is 0.0594 e. The van der Waals surface area contributed by atoms with Crippen molar-refractivity contribution in [3.8, 4) is 11.8 Å². The lowest BCUT2D eigenvalue weighted by Crippen LogP contribution is -2.40. The fraction of sp³-hybridized carbons (Fsp3) is 0.467. The predicted molar refractivity (Wildman–Crippen MR) is 80.7 cm³/mol. The Balaban J connectivity index is 0.00000180. The third kappa shape index (κ3) is 6.60. The molecule has 0 unspecified atom stereocenters. The fourth-order valence-electron chi connectivity index (χ4n) is 1.88. The second-order valence-corrected chi connectivity index (χ2v) is 4.30. The number of ether oxygens (including phenoxy) is 1. The Labute approximate surface area is 121 Å². The standard InChI is InChI=1S/C15H20N2O.ClH/c1-2-5-15(6-3-1)7-4-8-16-9-10-17-11-13-18-14-12-17;/h1-3,5-6,16H,8-14H2;1H. The molecule has 104 valence electrons. The van der Waals surface area contributed by atoms with Gasteiger partial charge in [0.1, 0.15) is 0 Å². The minimum Gasteiger partial charge on any atom is -0.379 e. The maximum atomic E-state index is 5.31. The second-order valence-electron chi connectivity index (χ2n) is 4.30. The Morgan fingerprint density at radius 1 is 1.16 bits per heavy atom. The maximum Gasteiger partial charge on any atom is 0.0594 e. The topological polar surface area (TPSA) is 24.5 Å². The van der Waals surface area contributed by atoms with Crippen molar-refractivity contribution in [1.82, 2.24) is 10.2 Å². The molecular weight excluding hydrogens is 260 g/mol. The second kappa shape index (κ2) is 9.82.